The number of hydrogen-bond donors (Lipinski definition) is 28. The van der Waals surface area contributed by atoms with Crippen LogP contribution in [0.25, 0.3) is 0 Å². The number of nitrogens with two attached hydrogens (primary N) is 7. The van der Waals surface area contributed by atoms with Gasteiger partial charge >= 0.3 is 17.9 Å². The molecule has 0 bridgehead atoms. The number of aromatic amines is 2. The number of primary amides is 1. The molecule has 726 valence electrons. The molecule has 129 heavy (non-hydrogen) atoms. The van der Waals surface area contributed by atoms with E-state index in [2.05, 4.69) is 88.7 Å². The Labute approximate surface area is 747 Å². The van der Waals surface area contributed by atoms with Crippen LogP contribution < -0.4 is 115 Å². The Balaban J connectivity index is 2.67. The van der Waals surface area contributed by atoms with Gasteiger partial charge in [0.25, 0.3) is 0 Å². The van der Waals surface area contributed by atoms with Crippen molar-refractivity contribution in [3.8, 4) is 0 Å². The number of H-pyrrole nitrogens is 2. The number of unbranched alkanes of at least 4 members (excludes halogenated alkanes) is 3. The van der Waals surface area contributed by atoms with Crippen molar-refractivity contribution in [2.45, 2.75) is 287 Å². The predicted molar refractivity (Wildman–Crippen MR) is 465 cm³/mol. The van der Waals surface area contributed by atoms with Crippen LogP contribution in [0, 0.1) is 23.7 Å². The summed E-state index contributed by atoms with van der Waals surface area (Å²) in [4.78, 5) is 266. The van der Waals surface area contributed by atoms with Gasteiger partial charge in [0.15, 0.2) is 5.96 Å². The SMILES string of the molecule is CC[C@H](C)[C@H](NC(=O)[C@H](CCCCN)NC(=O)[C@H](Cc1cnc[nH]1)NC(=O)[C@H](CCCCN)NC(=O)[C@H](CCC(=O)O)NC(=O)[C@@H](N)CCCCN)C(=O)N[C@@H](CC(C)C)C(=O)N[C@@H](Cc1cnc[nH]1)C(=O)N[C@@H](CCCN=C(N)N)C(=O)N[C@@H](CC(C)C)C(=O)N[C@@H](CC(C)C)C(=O)N[C@@H](CCC(N)=O)C(=O)N[C@@H](CC(=O)O)C(=O)N[C@@H](CO)C(=O)N[C@@H](CO)C(=O)O. The van der Waals surface area contributed by atoms with E-state index >= 15 is 9.59 Å². The Morgan fingerprint density at radius 2 is 0.690 bits per heavy atom. The summed E-state index contributed by atoms with van der Waals surface area (Å²) in [7, 11) is 0. The first-order valence-corrected chi connectivity index (χ1v) is 43.2. The van der Waals surface area contributed by atoms with E-state index in [-0.39, 0.29) is 121 Å². The lowest BCUT2D eigenvalue weighted by atomic mass is 9.96. The Kier molecular flexibility index (Phi) is 53.1. The monoisotopic (exact) mass is 1830 g/mol. The van der Waals surface area contributed by atoms with E-state index in [4.69, 9.17) is 40.1 Å². The summed E-state index contributed by atoms with van der Waals surface area (Å²) in [5.74, 6) is -22.1. The highest BCUT2D eigenvalue weighted by Gasteiger charge is 2.40. The summed E-state index contributed by atoms with van der Waals surface area (Å²) in [6, 6.07) is -23.9. The number of nitrogens with zero attached hydrogens (tertiary/aromatic N) is 3. The zero-order chi connectivity index (χ0) is 97.2. The fraction of sp³-hybridized carbons (Fsp3) is 0.688. The van der Waals surface area contributed by atoms with E-state index in [0.717, 1.165) is 0 Å². The Bertz CT molecular complexity index is 3960. The molecule has 2 aromatic heterocycles. The number of aliphatic imine (C=N–C) groups is 1. The Morgan fingerprint density at radius 1 is 0.372 bits per heavy atom. The summed E-state index contributed by atoms with van der Waals surface area (Å²) < 4.78 is 0. The van der Waals surface area contributed by atoms with Crippen LogP contribution in [0.2, 0.25) is 0 Å². The van der Waals surface area contributed by atoms with Crippen molar-refractivity contribution >= 4 is 112 Å². The molecule has 2 heterocycles. The maximum absolute atomic E-state index is 15.0. The Morgan fingerprint density at radius 3 is 1.05 bits per heavy atom. The molecule has 15 amide bonds. The number of aliphatic carboxylic acids is 3. The molecule has 2 aromatic rings. The third-order valence-electron chi connectivity index (χ3n) is 20.3. The molecule has 0 radical (unpaired) electrons. The van der Waals surface area contributed by atoms with Gasteiger partial charge in [-0.05, 0) is 140 Å². The minimum atomic E-state index is -2.09. The molecule has 0 aliphatic heterocycles. The smallest absolute Gasteiger partial charge is 0.328 e. The molecule has 0 unspecified atom stereocenters. The number of aromatic nitrogens is 4. The largest absolute Gasteiger partial charge is 0.481 e. The number of carbonyl (C=O) groups is 18. The van der Waals surface area contributed by atoms with E-state index in [1.165, 1.54) is 25.0 Å². The Hall–Kier alpha value is -12.1. The van der Waals surface area contributed by atoms with Gasteiger partial charge in [-0.1, -0.05) is 68.2 Å². The molecule has 2 rings (SSSR count). The van der Waals surface area contributed by atoms with Crippen molar-refractivity contribution < 1.29 is 112 Å². The van der Waals surface area contributed by atoms with Gasteiger partial charge < -0.3 is 150 Å². The predicted octanol–water partition coefficient (Wildman–Crippen LogP) is -7.67. The van der Waals surface area contributed by atoms with Gasteiger partial charge in [0.2, 0.25) is 88.6 Å². The van der Waals surface area contributed by atoms with E-state index in [0.29, 0.717) is 37.9 Å². The molecule has 0 aliphatic rings. The number of hydrogen-bond acceptors (Lipinski definition) is 27. The second-order valence-corrected chi connectivity index (χ2v) is 32.8. The molecule has 0 saturated carbocycles. The number of nitrogens with one attached hydrogen (secondary N) is 16. The highest BCUT2D eigenvalue weighted by molar-refractivity contribution is 6.01. The molecule has 16 atom stereocenters. The topological polar surface area (TPSA) is 829 Å². The molecule has 49 nitrogen and oxygen atoms in total. The van der Waals surface area contributed by atoms with Crippen molar-refractivity contribution in [1.82, 2.24) is 94.4 Å². The number of guanidine groups is 1. The normalized spacial score (nSPS) is 15.0. The number of carbonyl (C=O) groups excluding carboxylic acids is 15. The van der Waals surface area contributed by atoms with Gasteiger partial charge in [0, 0.05) is 56.0 Å². The lowest BCUT2D eigenvalue weighted by molar-refractivity contribution is -0.144. The number of rotatable bonds is 67. The minimum Gasteiger partial charge on any atom is -0.481 e. The summed E-state index contributed by atoms with van der Waals surface area (Å²) in [5, 5.41) is 83.0. The summed E-state index contributed by atoms with van der Waals surface area (Å²) in [6.45, 7) is 11.9. The van der Waals surface area contributed by atoms with Crippen molar-refractivity contribution in [3.63, 3.8) is 0 Å². The standard InChI is InChI=1S/C80H138N26O23/c1-9-44(8)64(106-70(119)49(19-12-15-27-83)95-74(123)56(32-45-35-88-39-91-45)100-66(115)48(18-11-14-26-82)94-68(117)52(22-24-62(110)111)93-65(114)47(84)17-10-13-25-81)78(127)103-55(31-43(6)7)73(122)101-57(33-46-36-89-40-92-46)75(124)96-50(20-16-28-90-80(86)87)67(116)98-54(30-42(4)5)72(121)99-53(29-41(2)3)71(120)97-51(21-23-61(85)109)69(118)102-58(34-63(112)113)76(125)104-59(37-107)77(126)105-60(38-108)79(128)129/h35-36,39-44,47-60,64,107-108H,9-34,37-38,81-84H2,1-8H3,(H2,85,109)(H,88,91)(H,89,92)(H,93,114)(H,94,117)(H,95,123)(H,96,124)(H,97,120)(H,98,116)(H,99,121)(H,100,115)(H,101,122)(H,102,118)(H,103,127)(H,104,125)(H,105,126)(H,106,119)(H,110,111)(H,112,113)(H,128,129)(H4,86,87,90)/t44-,47-,48-,49-,50-,51-,52-,53-,54-,55-,56-,57-,58-,59-,60-,64-/m0/s1. The van der Waals surface area contributed by atoms with E-state index in [1.807, 2.05) is 10.6 Å². The van der Waals surface area contributed by atoms with Gasteiger partial charge in [0.05, 0.1) is 38.3 Å². The fourth-order valence-corrected chi connectivity index (χ4v) is 13.0. The average molecular weight is 1830 g/mol. The summed E-state index contributed by atoms with van der Waals surface area (Å²) in [6.07, 6.45) is 3.41. The van der Waals surface area contributed by atoms with Gasteiger partial charge in [-0.15, -0.1) is 0 Å². The molecule has 0 aliphatic carbocycles. The first-order valence-electron chi connectivity index (χ1n) is 43.2. The summed E-state index contributed by atoms with van der Waals surface area (Å²) >= 11 is 0. The van der Waals surface area contributed by atoms with Gasteiger partial charge in [-0.3, -0.25) is 86.5 Å². The minimum absolute atomic E-state index is 0.000674. The first-order chi connectivity index (χ1) is 60.9. The maximum Gasteiger partial charge on any atom is 0.328 e. The van der Waals surface area contributed by atoms with Crippen LogP contribution in [-0.2, 0) is 99.1 Å². The van der Waals surface area contributed by atoms with Crippen LogP contribution in [0.3, 0.4) is 0 Å². The van der Waals surface area contributed by atoms with Crippen LogP contribution in [0.5, 0.6) is 0 Å². The fourth-order valence-electron chi connectivity index (χ4n) is 13.0. The number of carboxylic acid groups (broad SMARTS) is 3. The van der Waals surface area contributed by atoms with Crippen LogP contribution in [0.1, 0.15) is 195 Å². The lowest BCUT2D eigenvalue weighted by Crippen LogP contribution is -2.62. The second-order valence-electron chi connectivity index (χ2n) is 32.8. The number of amides is 15. The third-order valence-corrected chi connectivity index (χ3v) is 20.3. The number of imidazole rings is 2. The van der Waals surface area contributed by atoms with Crippen molar-refractivity contribution in [3.05, 3.63) is 36.4 Å². The van der Waals surface area contributed by atoms with E-state index < -0.39 is 260 Å². The second kappa shape index (κ2) is 60.6. The third kappa shape index (κ3) is 44.5. The average Bonchev–Trinajstić information content (AvgIpc) is 1.29. The molecule has 0 saturated heterocycles. The van der Waals surface area contributed by atoms with Gasteiger partial charge in [-0.2, -0.15) is 0 Å². The van der Waals surface area contributed by atoms with Crippen LogP contribution in [0.15, 0.2) is 30.0 Å². The molecule has 0 spiro atoms. The summed E-state index contributed by atoms with van der Waals surface area (Å²) in [5.41, 5.74) is 40.7. The number of aliphatic hydroxyl groups excluding tert-OH is 2. The highest BCUT2D eigenvalue weighted by atomic mass is 16.4. The molecule has 49 heteroatoms. The molecule has 0 fully saturated rings. The van der Waals surface area contributed by atoms with Gasteiger partial charge in [0.1, 0.15) is 84.6 Å². The molecular formula is C80H138N26O23. The maximum atomic E-state index is 15.0. The molecule has 35 N–H and O–H groups in total. The quantitative estimate of drug-likeness (QED) is 0.0166. The van der Waals surface area contributed by atoms with Crippen LogP contribution >= 0.6 is 0 Å². The van der Waals surface area contributed by atoms with E-state index in [1.54, 1.807) is 55.4 Å². The zero-order valence-electron chi connectivity index (χ0n) is 74.5. The van der Waals surface area contributed by atoms with Gasteiger partial charge in [-0.25, -0.2) is 14.8 Å². The number of carboxylic acids is 3. The van der Waals surface area contributed by atoms with E-state index in [9.17, 15) is 102 Å². The van der Waals surface area contributed by atoms with Crippen LogP contribution in [-0.4, -0.2) is 288 Å². The van der Waals surface area contributed by atoms with Crippen molar-refractivity contribution in [2.75, 3.05) is 39.4 Å². The lowest BCUT2D eigenvalue weighted by Gasteiger charge is -2.30. The van der Waals surface area contributed by atoms with Crippen molar-refractivity contribution in [1.29, 1.82) is 0 Å². The molecular weight excluding hydrogens is 1690 g/mol. The van der Waals surface area contributed by atoms with Crippen molar-refractivity contribution in [2.24, 2.45) is 68.8 Å². The molecule has 0 aromatic carbocycles. The zero-order valence-corrected chi connectivity index (χ0v) is 74.5. The first kappa shape index (κ1) is 113. The van der Waals surface area contributed by atoms with Crippen LogP contribution in [0.4, 0.5) is 0 Å². The highest BCUT2D eigenvalue weighted by Crippen LogP contribution is 2.18. The number of aliphatic hydroxyl groups is 2.